The Labute approximate surface area is 386 Å². The van der Waals surface area contributed by atoms with Crippen LogP contribution in [0.25, 0.3) is 87.6 Å². The number of rotatable bonds is 4. The number of thioether (sulfide) groups is 2. The predicted molar refractivity (Wildman–Crippen MR) is 278 cm³/mol. The minimum Gasteiger partial charge on any atom is -0.118 e. The molecule has 0 aromatic heterocycles. The molecule has 2 saturated carbocycles. The first-order valence-electron chi connectivity index (χ1n) is 23.8. The molecule has 4 aliphatic rings. The zero-order valence-corrected chi connectivity index (χ0v) is 39.1. The summed E-state index contributed by atoms with van der Waals surface area (Å²) in [6.07, 6.45) is 10.4. The van der Waals surface area contributed by atoms with Gasteiger partial charge in [-0.15, -0.1) is 23.5 Å². The third-order valence-corrected chi connectivity index (χ3v) is 20.6. The summed E-state index contributed by atoms with van der Waals surface area (Å²) >= 11 is 4.28. The number of benzene rings is 9. The van der Waals surface area contributed by atoms with E-state index in [-0.39, 0.29) is 20.3 Å². The van der Waals surface area contributed by atoms with E-state index >= 15 is 0 Å². The molecule has 0 N–H and O–H groups in total. The van der Waals surface area contributed by atoms with Gasteiger partial charge in [-0.2, -0.15) is 0 Å². The van der Waals surface area contributed by atoms with Gasteiger partial charge in [-0.3, -0.25) is 0 Å². The van der Waals surface area contributed by atoms with Crippen molar-refractivity contribution in [2.45, 2.75) is 109 Å². The van der Waals surface area contributed by atoms with Crippen molar-refractivity contribution in [2.75, 3.05) is 0 Å². The van der Waals surface area contributed by atoms with Crippen molar-refractivity contribution in [2.24, 2.45) is 0 Å². The number of fused-ring (bicyclic) bond motifs is 10. The molecule has 0 nitrogen and oxygen atoms in total. The van der Waals surface area contributed by atoms with Gasteiger partial charge in [-0.1, -0.05) is 161 Å². The Morgan fingerprint density at radius 2 is 0.734 bits per heavy atom. The summed E-state index contributed by atoms with van der Waals surface area (Å²) < 4.78 is 0.519. The smallest absolute Gasteiger partial charge is 0.0273 e. The van der Waals surface area contributed by atoms with Gasteiger partial charge in [0, 0.05) is 30.1 Å². The van der Waals surface area contributed by atoms with E-state index in [4.69, 9.17) is 0 Å². The summed E-state index contributed by atoms with van der Waals surface area (Å²) in [5.74, 6) is 0. The Morgan fingerprint density at radius 1 is 0.344 bits per heavy atom. The van der Waals surface area contributed by atoms with Crippen molar-refractivity contribution in [1.29, 1.82) is 0 Å². The fourth-order valence-corrected chi connectivity index (χ4v) is 16.5. The first-order chi connectivity index (χ1) is 31.1. The predicted octanol–water partition coefficient (Wildman–Crippen LogP) is 18.4. The van der Waals surface area contributed by atoms with Gasteiger partial charge in [-0.05, 0) is 175 Å². The van der Waals surface area contributed by atoms with Crippen molar-refractivity contribution >= 4 is 66.6 Å². The summed E-state index contributed by atoms with van der Waals surface area (Å²) in [4.78, 5) is 2.97. The summed E-state index contributed by atoms with van der Waals surface area (Å²) in [5, 5.41) is 10.3. The van der Waals surface area contributed by atoms with E-state index in [2.05, 4.69) is 209 Å². The van der Waals surface area contributed by atoms with Crippen molar-refractivity contribution in [3.05, 3.63) is 169 Å². The van der Waals surface area contributed by atoms with Crippen LogP contribution in [0.3, 0.4) is 0 Å². The molecule has 9 aromatic carbocycles. The second-order valence-corrected chi connectivity index (χ2v) is 23.6. The lowest BCUT2D eigenvalue weighted by Crippen LogP contribution is -2.43. The summed E-state index contributed by atoms with van der Waals surface area (Å²) in [5.41, 5.74) is 13.9. The second-order valence-electron chi connectivity index (χ2n) is 20.5. The lowest BCUT2D eigenvalue weighted by Gasteiger charge is -2.45. The minimum atomic E-state index is 0.188. The maximum Gasteiger partial charge on any atom is 0.0273 e. The lowest BCUT2D eigenvalue weighted by molar-refractivity contribution is 0.260. The van der Waals surface area contributed by atoms with E-state index in [0.29, 0.717) is 0 Å². The molecule has 2 heteroatoms. The van der Waals surface area contributed by atoms with Gasteiger partial charge in [-0.25, -0.2) is 0 Å². The average molecular weight is 863 g/mol. The van der Waals surface area contributed by atoms with Gasteiger partial charge in [0.2, 0.25) is 0 Å². The third kappa shape index (κ3) is 5.51. The normalized spacial score (nSPS) is 24.8. The van der Waals surface area contributed by atoms with E-state index in [0.717, 1.165) is 0 Å². The molecule has 2 fully saturated rings. The monoisotopic (exact) mass is 862 g/mol. The quantitative estimate of drug-likeness (QED) is 0.162. The fraction of sp³-hybridized carbons (Fsp3) is 0.258. The van der Waals surface area contributed by atoms with Gasteiger partial charge >= 0.3 is 0 Å². The third-order valence-electron chi connectivity index (χ3n) is 17.2. The molecule has 4 atom stereocenters. The number of hydrogen-bond donors (Lipinski definition) is 0. The Bertz CT molecular complexity index is 3190. The maximum absolute atomic E-state index is 2.57. The highest BCUT2D eigenvalue weighted by atomic mass is 32.2. The zero-order valence-electron chi connectivity index (χ0n) is 37.5. The Hall–Kier alpha value is -5.28. The van der Waals surface area contributed by atoms with Crippen LogP contribution in [0.1, 0.15) is 90.2 Å². The molecule has 314 valence electrons. The van der Waals surface area contributed by atoms with Crippen molar-refractivity contribution < 1.29 is 0 Å². The van der Waals surface area contributed by atoms with Crippen LogP contribution in [-0.4, -0.2) is 9.49 Å². The molecular formula is C62H54S2. The molecule has 2 aliphatic heterocycles. The Morgan fingerprint density at radius 3 is 1.20 bits per heavy atom. The largest absolute Gasteiger partial charge is 0.118 e. The highest BCUT2D eigenvalue weighted by molar-refractivity contribution is 8.01. The van der Waals surface area contributed by atoms with Gasteiger partial charge in [0.1, 0.15) is 0 Å². The zero-order chi connectivity index (χ0) is 43.0. The van der Waals surface area contributed by atoms with E-state index in [1.54, 1.807) is 11.1 Å². The Kier molecular flexibility index (Phi) is 8.62. The summed E-state index contributed by atoms with van der Waals surface area (Å²) in [7, 11) is 0. The molecule has 2 aliphatic carbocycles. The van der Waals surface area contributed by atoms with Crippen LogP contribution in [0, 0.1) is 0 Å². The highest BCUT2D eigenvalue weighted by Crippen LogP contribution is 2.64. The van der Waals surface area contributed by atoms with Crippen molar-refractivity contribution in [1.82, 2.24) is 0 Å². The van der Waals surface area contributed by atoms with Gasteiger partial charge in [0.25, 0.3) is 0 Å². The first kappa shape index (κ1) is 39.1. The fourth-order valence-electron chi connectivity index (χ4n) is 13.1. The van der Waals surface area contributed by atoms with E-state index in [1.165, 1.54) is 149 Å². The van der Waals surface area contributed by atoms with E-state index in [1.807, 2.05) is 0 Å². The lowest BCUT2D eigenvalue weighted by atomic mass is 9.64. The molecule has 2 heterocycles. The number of hydrogen-bond acceptors (Lipinski definition) is 2. The highest BCUT2D eigenvalue weighted by Gasteiger charge is 2.54. The molecule has 0 radical (unpaired) electrons. The molecule has 9 aromatic rings. The van der Waals surface area contributed by atoms with Crippen LogP contribution in [0.2, 0.25) is 0 Å². The van der Waals surface area contributed by atoms with Crippen molar-refractivity contribution in [3.8, 4) is 44.5 Å². The Balaban J connectivity index is 1.10. The molecule has 0 amide bonds. The molecule has 4 unspecified atom stereocenters. The average Bonchev–Trinajstić information content (AvgIpc) is 3.71. The van der Waals surface area contributed by atoms with Crippen LogP contribution in [-0.2, 0) is 10.8 Å². The standard InChI is InChI=1S/C62H54S2/c1-59-31-9-11-33-61(59,3)63-55-29-25-43(37-53(55)59)41-23-27-49-51(35-41)57(47-21-13-17-39-15-5-7-19-45(39)47)50-28-24-42(36-52(50)58(49)48-22-14-18-40-16-6-8-20-46(40)48)44-26-30-56-54(38-44)60(2)32-10-12-34-62(60,4)64-56/h5-8,13-30,35-38H,9-12,31-34H2,1-4H3. The summed E-state index contributed by atoms with van der Waals surface area (Å²) in [6, 6.07) is 61.4. The molecular weight excluding hydrogens is 809 g/mol. The topological polar surface area (TPSA) is 0 Å². The van der Waals surface area contributed by atoms with Crippen LogP contribution in [0.5, 0.6) is 0 Å². The van der Waals surface area contributed by atoms with Gasteiger partial charge in [0.05, 0.1) is 0 Å². The SMILES string of the molecule is CC12CCCCC1(C)c1cc(-c3ccc4c(-c5cccc6ccccc56)c5cc(-c6ccc7c(c6)C6(C)CCCCC6(C)S7)ccc5c(-c5cccc6ccccc56)c4c3)ccc1S2. The molecule has 64 heavy (non-hydrogen) atoms. The molecule has 0 spiro atoms. The molecule has 13 rings (SSSR count). The second kappa shape index (κ2) is 14.1. The molecule has 0 bridgehead atoms. The van der Waals surface area contributed by atoms with E-state index < -0.39 is 0 Å². The minimum absolute atomic E-state index is 0.188. The van der Waals surface area contributed by atoms with Crippen LogP contribution >= 0.6 is 23.5 Å². The van der Waals surface area contributed by atoms with Gasteiger partial charge < -0.3 is 0 Å². The van der Waals surface area contributed by atoms with Gasteiger partial charge in [0.15, 0.2) is 0 Å². The van der Waals surface area contributed by atoms with Crippen LogP contribution in [0.4, 0.5) is 0 Å². The van der Waals surface area contributed by atoms with E-state index in [9.17, 15) is 0 Å². The van der Waals surface area contributed by atoms with Crippen LogP contribution in [0.15, 0.2) is 168 Å². The van der Waals surface area contributed by atoms with Crippen molar-refractivity contribution in [3.63, 3.8) is 0 Å². The summed E-state index contributed by atoms with van der Waals surface area (Å²) in [6.45, 7) is 10.2. The molecule has 0 saturated heterocycles. The van der Waals surface area contributed by atoms with Crippen LogP contribution < -0.4 is 0 Å². The first-order valence-corrected chi connectivity index (χ1v) is 25.5. The maximum atomic E-state index is 2.57.